The van der Waals surface area contributed by atoms with E-state index >= 15 is 0 Å². The minimum absolute atomic E-state index is 0.0585. The largest absolute Gasteiger partial charge is 0.810 e. The molecule has 84 valence electrons. The van der Waals surface area contributed by atoms with E-state index in [0.29, 0.717) is 5.75 Å². The minimum Gasteiger partial charge on any atom is -0.810 e. The molecule has 15 heavy (non-hydrogen) atoms. The highest BCUT2D eigenvalue weighted by atomic mass is 31.2. The Labute approximate surface area is 91.7 Å². The number of hydrogen-bond donors (Lipinski definition) is 0. The number of benzene rings is 1. The molecule has 0 radical (unpaired) electrons. The SMILES string of the molecule is Cc1cc(C(C)(C)C)ccc1OP([O-])[O-]. The summed E-state index contributed by atoms with van der Waals surface area (Å²) in [5.41, 5.74) is 2.05. The zero-order chi connectivity index (χ0) is 11.6. The summed E-state index contributed by atoms with van der Waals surface area (Å²) >= 11 is 0. The van der Waals surface area contributed by atoms with Gasteiger partial charge >= 0.3 is 0 Å². The van der Waals surface area contributed by atoms with Crippen molar-refractivity contribution >= 4 is 8.60 Å². The van der Waals surface area contributed by atoms with Gasteiger partial charge in [-0.3, -0.25) is 0 Å². The van der Waals surface area contributed by atoms with Crippen LogP contribution in [-0.4, -0.2) is 0 Å². The van der Waals surface area contributed by atoms with Crippen molar-refractivity contribution in [1.82, 2.24) is 0 Å². The zero-order valence-corrected chi connectivity index (χ0v) is 10.3. The van der Waals surface area contributed by atoms with E-state index in [2.05, 4.69) is 25.3 Å². The maximum Gasteiger partial charge on any atom is 0.122 e. The first kappa shape index (κ1) is 12.4. The molecule has 0 atom stereocenters. The van der Waals surface area contributed by atoms with Gasteiger partial charge in [-0.15, -0.1) is 0 Å². The molecule has 0 unspecified atom stereocenters. The molecule has 0 aliphatic heterocycles. The lowest BCUT2D eigenvalue weighted by Crippen LogP contribution is -2.14. The highest BCUT2D eigenvalue weighted by Gasteiger charge is 2.14. The molecule has 1 rings (SSSR count). The third-order valence-electron chi connectivity index (χ3n) is 2.21. The molecule has 0 saturated heterocycles. The monoisotopic (exact) mass is 226 g/mol. The molecule has 0 spiro atoms. The van der Waals surface area contributed by atoms with Crippen LogP contribution in [0.5, 0.6) is 5.75 Å². The van der Waals surface area contributed by atoms with Crippen LogP contribution in [0.3, 0.4) is 0 Å². The maximum absolute atomic E-state index is 10.4. The van der Waals surface area contributed by atoms with Crippen molar-refractivity contribution in [3.05, 3.63) is 29.3 Å². The van der Waals surface area contributed by atoms with Crippen molar-refractivity contribution in [2.75, 3.05) is 0 Å². The van der Waals surface area contributed by atoms with Crippen LogP contribution in [0.4, 0.5) is 0 Å². The topological polar surface area (TPSA) is 55.3 Å². The second-order valence-electron chi connectivity index (χ2n) is 4.55. The van der Waals surface area contributed by atoms with E-state index in [1.54, 1.807) is 6.07 Å². The summed E-state index contributed by atoms with van der Waals surface area (Å²) in [5.74, 6) is 0.402. The third-order valence-corrected chi connectivity index (χ3v) is 2.56. The molecule has 0 heterocycles. The molecule has 0 fully saturated rings. The fourth-order valence-corrected chi connectivity index (χ4v) is 1.66. The lowest BCUT2D eigenvalue weighted by Gasteiger charge is -2.30. The Morgan fingerprint density at radius 3 is 2.20 bits per heavy atom. The molecule has 1 aromatic carbocycles. The Hall–Kier alpha value is -0.630. The van der Waals surface area contributed by atoms with Crippen LogP contribution in [0.25, 0.3) is 0 Å². The second kappa shape index (κ2) is 4.48. The van der Waals surface area contributed by atoms with Crippen LogP contribution in [0.15, 0.2) is 18.2 Å². The van der Waals surface area contributed by atoms with Crippen LogP contribution >= 0.6 is 8.60 Å². The van der Waals surface area contributed by atoms with Gasteiger partial charge in [0.25, 0.3) is 0 Å². The predicted molar refractivity (Wildman–Crippen MR) is 57.4 cm³/mol. The van der Waals surface area contributed by atoms with Crippen LogP contribution in [0, 0.1) is 6.92 Å². The Kier molecular flexibility index (Phi) is 3.72. The van der Waals surface area contributed by atoms with Gasteiger partial charge in [0, 0.05) is 0 Å². The van der Waals surface area contributed by atoms with Gasteiger partial charge in [-0.2, -0.15) is 0 Å². The van der Waals surface area contributed by atoms with Crippen molar-refractivity contribution in [3.63, 3.8) is 0 Å². The molecular weight excluding hydrogens is 211 g/mol. The fraction of sp³-hybridized carbons (Fsp3) is 0.455. The Morgan fingerprint density at radius 1 is 1.20 bits per heavy atom. The molecule has 1 aromatic rings. The summed E-state index contributed by atoms with van der Waals surface area (Å²) in [5, 5.41) is 0. The lowest BCUT2D eigenvalue weighted by atomic mass is 9.86. The third kappa shape index (κ3) is 3.45. The molecule has 0 aromatic heterocycles. The quantitative estimate of drug-likeness (QED) is 0.720. The van der Waals surface area contributed by atoms with Gasteiger partial charge < -0.3 is 14.3 Å². The van der Waals surface area contributed by atoms with Crippen LogP contribution in [0.1, 0.15) is 31.9 Å². The molecule has 0 amide bonds. The summed E-state index contributed by atoms with van der Waals surface area (Å²) in [6.45, 7) is 8.16. The standard InChI is InChI=1S/C11H15O3P/c1-8-7-9(11(2,3)4)5-6-10(8)14-15(12)13/h5-7H,1-4H3/q-2. The number of aryl methyl sites for hydroxylation is 1. The Morgan fingerprint density at radius 2 is 1.80 bits per heavy atom. The van der Waals surface area contributed by atoms with Gasteiger partial charge in [0.15, 0.2) is 0 Å². The van der Waals surface area contributed by atoms with Crippen molar-refractivity contribution in [1.29, 1.82) is 0 Å². The Bertz CT molecular complexity index is 342. The summed E-state index contributed by atoms with van der Waals surface area (Å²) in [6, 6.07) is 5.54. The predicted octanol–water partition coefficient (Wildman–Crippen LogP) is 1.62. The molecule has 0 N–H and O–H groups in total. The smallest absolute Gasteiger partial charge is 0.122 e. The van der Waals surface area contributed by atoms with Gasteiger partial charge in [0.05, 0.1) is 0 Å². The van der Waals surface area contributed by atoms with E-state index < -0.39 is 8.60 Å². The first-order valence-corrected chi connectivity index (χ1v) is 5.84. The Balaban J connectivity index is 2.98. The summed E-state index contributed by atoms with van der Waals surface area (Å²) in [7, 11) is -2.83. The van der Waals surface area contributed by atoms with Gasteiger partial charge in [0.1, 0.15) is 5.75 Å². The van der Waals surface area contributed by atoms with Crippen LogP contribution in [0.2, 0.25) is 0 Å². The van der Waals surface area contributed by atoms with Crippen LogP contribution < -0.4 is 14.3 Å². The van der Waals surface area contributed by atoms with Gasteiger partial charge in [-0.25, -0.2) is 0 Å². The molecule has 0 aliphatic carbocycles. The first-order valence-electron chi connectivity index (χ1n) is 4.74. The average molecular weight is 226 g/mol. The van der Waals surface area contributed by atoms with Gasteiger partial charge in [-0.05, 0) is 29.5 Å². The highest BCUT2D eigenvalue weighted by molar-refractivity contribution is 7.36. The normalized spacial score (nSPS) is 11.9. The van der Waals surface area contributed by atoms with E-state index in [-0.39, 0.29) is 5.41 Å². The molecule has 0 aliphatic rings. The van der Waals surface area contributed by atoms with Gasteiger partial charge in [-0.1, -0.05) is 41.5 Å². The molecule has 4 heteroatoms. The van der Waals surface area contributed by atoms with Crippen molar-refractivity contribution in [2.45, 2.75) is 33.1 Å². The highest BCUT2D eigenvalue weighted by Crippen LogP contribution is 2.30. The number of rotatable bonds is 2. The molecule has 0 bridgehead atoms. The maximum atomic E-state index is 10.4. The second-order valence-corrected chi connectivity index (χ2v) is 5.17. The average Bonchev–Trinajstić information content (AvgIpc) is 2.05. The number of hydrogen-bond acceptors (Lipinski definition) is 3. The summed E-state index contributed by atoms with van der Waals surface area (Å²) in [4.78, 5) is 20.8. The van der Waals surface area contributed by atoms with E-state index in [0.717, 1.165) is 11.1 Å². The fourth-order valence-electron chi connectivity index (χ4n) is 1.30. The zero-order valence-electron chi connectivity index (χ0n) is 9.40. The summed E-state index contributed by atoms with van der Waals surface area (Å²) < 4.78 is 4.67. The van der Waals surface area contributed by atoms with Crippen molar-refractivity contribution < 1.29 is 14.3 Å². The first-order chi connectivity index (χ1) is 6.80. The molecule has 3 nitrogen and oxygen atoms in total. The molecular formula is C11H15O3P-2. The van der Waals surface area contributed by atoms with E-state index in [9.17, 15) is 9.79 Å². The molecule has 0 saturated carbocycles. The van der Waals surface area contributed by atoms with Crippen LogP contribution in [-0.2, 0) is 5.41 Å². The van der Waals surface area contributed by atoms with Gasteiger partial charge in [0.2, 0.25) is 0 Å². The van der Waals surface area contributed by atoms with Crippen molar-refractivity contribution in [3.8, 4) is 5.75 Å². The minimum atomic E-state index is -2.83. The van der Waals surface area contributed by atoms with E-state index in [1.807, 2.05) is 19.1 Å². The van der Waals surface area contributed by atoms with E-state index in [1.165, 1.54) is 0 Å². The van der Waals surface area contributed by atoms with E-state index in [4.69, 9.17) is 0 Å². The summed E-state index contributed by atoms with van der Waals surface area (Å²) in [6.07, 6.45) is 0. The lowest BCUT2D eigenvalue weighted by molar-refractivity contribution is -0.310. The van der Waals surface area contributed by atoms with Crippen molar-refractivity contribution in [2.24, 2.45) is 0 Å².